The zero-order valence-corrected chi connectivity index (χ0v) is 11.5. The second kappa shape index (κ2) is 5.44. The van der Waals surface area contributed by atoms with Crippen molar-refractivity contribution in [1.29, 1.82) is 0 Å². The molecule has 0 radical (unpaired) electrons. The highest BCUT2D eigenvalue weighted by molar-refractivity contribution is 5.32. The van der Waals surface area contributed by atoms with Crippen LogP contribution in [0.5, 0.6) is 0 Å². The van der Waals surface area contributed by atoms with Gasteiger partial charge in [-0.2, -0.15) is 0 Å². The largest absolute Gasteiger partial charge is 0.311 e. The summed E-state index contributed by atoms with van der Waals surface area (Å²) in [6.07, 6.45) is 9.56. The first-order valence-corrected chi connectivity index (χ1v) is 7.67. The summed E-state index contributed by atoms with van der Waals surface area (Å²) in [5.74, 6) is 0.803. The van der Waals surface area contributed by atoms with Crippen LogP contribution >= 0.6 is 0 Å². The molecule has 1 N–H and O–H groups in total. The fourth-order valence-corrected chi connectivity index (χ4v) is 3.87. The molecule has 1 heteroatoms. The van der Waals surface area contributed by atoms with Gasteiger partial charge < -0.3 is 5.32 Å². The molecule has 1 heterocycles. The molecule has 0 spiro atoms. The van der Waals surface area contributed by atoms with Gasteiger partial charge in [0.2, 0.25) is 0 Å². The quantitative estimate of drug-likeness (QED) is 0.827. The van der Waals surface area contributed by atoms with Crippen LogP contribution in [0.2, 0.25) is 0 Å². The van der Waals surface area contributed by atoms with Gasteiger partial charge in [0.25, 0.3) is 0 Å². The molecule has 1 nitrogen and oxygen atoms in total. The highest BCUT2D eigenvalue weighted by atomic mass is 15.0. The van der Waals surface area contributed by atoms with Crippen molar-refractivity contribution in [2.45, 2.75) is 69.9 Å². The normalized spacial score (nSPS) is 31.9. The molecular formula is C17H25N. The van der Waals surface area contributed by atoms with E-state index in [1.54, 1.807) is 11.1 Å². The lowest BCUT2D eigenvalue weighted by atomic mass is 9.78. The third kappa shape index (κ3) is 2.61. The van der Waals surface area contributed by atoms with E-state index in [1.165, 1.54) is 44.9 Å². The topological polar surface area (TPSA) is 12.0 Å². The minimum atomic E-state index is 0.725. The Morgan fingerprint density at radius 3 is 2.89 bits per heavy atom. The van der Waals surface area contributed by atoms with Crippen LogP contribution in [-0.2, 0) is 6.42 Å². The van der Waals surface area contributed by atoms with E-state index in [0.717, 1.165) is 18.0 Å². The zero-order valence-electron chi connectivity index (χ0n) is 11.5. The summed E-state index contributed by atoms with van der Waals surface area (Å²) in [5.41, 5.74) is 3.25. The molecule has 3 rings (SSSR count). The lowest BCUT2D eigenvalue weighted by Gasteiger charge is -2.34. The molecule has 1 aromatic rings. The summed E-state index contributed by atoms with van der Waals surface area (Å²) in [7, 11) is 0. The van der Waals surface area contributed by atoms with Gasteiger partial charge in [-0.1, -0.05) is 30.7 Å². The summed E-state index contributed by atoms with van der Waals surface area (Å²) < 4.78 is 0. The molecule has 0 aromatic heterocycles. The van der Waals surface area contributed by atoms with Crippen LogP contribution in [0, 0.1) is 0 Å². The molecule has 1 fully saturated rings. The summed E-state index contributed by atoms with van der Waals surface area (Å²) >= 11 is 0. The molecule has 0 amide bonds. The van der Waals surface area contributed by atoms with Gasteiger partial charge in [0.1, 0.15) is 0 Å². The van der Waals surface area contributed by atoms with Gasteiger partial charge in [0, 0.05) is 12.1 Å². The van der Waals surface area contributed by atoms with Crippen LogP contribution in [0.3, 0.4) is 0 Å². The first-order valence-electron chi connectivity index (χ1n) is 7.67. The van der Waals surface area contributed by atoms with Crippen molar-refractivity contribution in [3.63, 3.8) is 0 Å². The van der Waals surface area contributed by atoms with Crippen LogP contribution in [-0.4, -0.2) is 12.1 Å². The fourth-order valence-electron chi connectivity index (χ4n) is 3.87. The molecule has 1 aliphatic heterocycles. The van der Waals surface area contributed by atoms with Crippen LogP contribution < -0.4 is 5.32 Å². The summed E-state index contributed by atoms with van der Waals surface area (Å²) in [6, 6.07) is 10.6. The highest BCUT2D eigenvalue weighted by Crippen LogP contribution is 2.35. The van der Waals surface area contributed by atoms with Gasteiger partial charge in [-0.05, 0) is 62.5 Å². The van der Waals surface area contributed by atoms with E-state index in [9.17, 15) is 0 Å². The van der Waals surface area contributed by atoms with E-state index in [-0.39, 0.29) is 0 Å². The van der Waals surface area contributed by atoms with Gasteiger partial charge >= 0.3 is 0 Å². The number of hydrogen-bond acceptors (Lipinski definition) is 1. The number of fused-ring (bicyclic) bond motifs is 1. The van der Waals surface area contributed by atoms with Gasteiger partial charge in [-0.25, -0.2) is 0 Å². The average Bonchev–Trinajstić information content (AvgIpc) is 2.39. The zero-order chi connectivity index (χ0) is 12.4. The fraction of sp³-hybridized carbons (Fsp3) is 0.647. The second-order valence-corrected chi connectivity index (χ2v) is 6.22. The van der Waals surface area contributed by atoms with Crippen LogP contribution in [0.4, 0.5) is 0 Å². The second-order valence-electron chi connectivity index (χ2n) is 6.22. The number of piperidine rings is 1. The summed E-state index contributed by atoms with van der Waals surface area (Å²) in [6.45, 7) is 2.33. The number of nitrogens with one attached hydrogen (secondary N) is 1. The van der Waals surface area contributed by atoms with Crippen molar-refractivity contribution >= 4 is 0 Å². The predicted molar refractivity (Wildman–Crippen MR) is 77.0 cm³/mol. The molecule has 2 aliphatic rings. The lowest BCUT2D eigenvalue weighted by Crippen LogP contribution is -2.41. The van der Waals surface area contributed by atoms with E-state index in [1.807, 2.05) is 0 Å². The van der Waals surface area contributed by atoms with Crippen molar-refractivity contribution in [3.8, 4) is 0 Å². The first kappa shape index (κ1) is 12.2. The lowest BCUT2D eigenvalue weighted by molar-refractivity contribution is 0.300. The van der Waals surface area contributed by atoms with Crippen molar-refractivity contribution in [2.24, 2.45) is 0 Å². The summed E-state index contributed by atoms with van der Waals surface area (Å²) in [4.78, 5) is 0. The Kier molecular flexibility index (Phi) is 3.69. The Morgan fingerprint density at radius 2 is 2.00 bits per heavy atom. The summed E-state index contributed by atoms with van der Waals surface area (Å²) in [5, 5.41) is 3.79. The van der Waals surface area contributed by atoms with Gasteiger partial charge in [-0.15, -0.1) is 0 Å². The molecule has 1 aromatic carbocycles. The minimum absolute atomic E-state index is 0.725. The maximum atomic E-state index is 3.79. The van der Waals surface area contributed by atoms with E-state index < -0.39 is 0 Å². The number of hydrogen-bond donors (Lipinski definition) is 1. The Labute approximate surface area is 111 Å². The maximum Gasteiger partial charge on any atom is 0.00753 e. The SMILES string of the molecule is CC1CCCC(CC2CCCc3ccccc32)N1. The Hall–Kier alpha value is -0.820. The molecule has 0 bridgehead atoms. The first-order chi connectivity index (χ1) is 8.83. The van der Waals surface area contributed by atoms with Crippen molar-refractivity contribution < 1.29 is 0 Å². The molecule has 18 heavy (non-hydrogen) atoms. The monoisotopic (exact) mass is 243 g/mol. The number of benzene rings is 1. The van der Waals surface area contributed by atoms with E-state index in [0.29, 0.717) is 0 Å². The van der Waals surface area contributed by atoms with Crippen molar-refractivity contribution in [2.75, 3.05) is 0 Å². The smallest absolute Gasteiger partial charge is 0.00753 e. The molecule has 1 saturated heterocycles. The van der Waals surface area contributed by atoms with Crippen LogP contribution in [0.1, 0.15) is 62.5 Å². The Morgan fingerprint density at radius 1 is 1.11 bits per heavy atom. The molecule has 98 valence electrons. The standard InChI is InChI=1S/C17H25N/c1-13-6-4-10-16(18-13)12-15-9-5-8-14-7-2-3-11-17(14)15/h2-3,7,11,13,15-16,18H,4-6,8-10,12H2,1H3. The van der Waals surface area contributed by atoms with Crippen LogP contribution in [0.15, 0.2) is 24.3 Å². The van der Waals surface area contributed by atoms with Crippen LogP contribution in [0.25, 0.3) is 0 Å². The highest BCUT2D eigenvalue weighted by Gasteiger charge is 2.25. The van der Waals surface area contributed by atoms with E-state index in [4.69, 9.17) is 0 Å². The molecular weight excluding hydrogens is 218 g/mol. The molecule has 3 unspecified atom stereocenters. The molecule has 1 aliphatic carbocycles. The van der Waals surface area contributed by atoms with Gasteiger partial charge in [0.05, 0.1) is 0 Å². The van der Waals surface area contributed by atoms with Gasteiger partial charge in [-0.3, -0.25) is 0 Å². The Balaban J connectivity index is 1.70. The van der Waals surface area contributed by atoms with E-state index in [2.05, 4.69) is 36.5 Å². The minimum Gasteiger partial charge on any atom is -0.311 e. The maximum absolute atomic E-state index is 3.79. The third-order valence-corrected chi connectivity index (χ3v) is 4.77. The molecule has 0 saturated carbocycles. The number of aryl methyl sites for hydroxylation is 1. The number of rotatable bonds is 2. The predicted octanol–water partition coefficient (Wildman–Crippen LogP) is 4.03. The van der Waals surface area contributed by atoms with Crippen molar-refractivity contribution in [3.05, 3.63) is 35.4 Å². The van der Waals surface area contributed by atoms with Crippen molar-refractivity contribution in [1.82, 2.24) is 5.32 Å². The third-order valence-electron chi connectivity index (χ3n) is 4.77. The van der Waals surface area contributed by atoms with E-state index >= 15 is 0 Å². The van der Waals surface area contributed by atoms with Gasteiger partial charge in [0.15, 0.2) is 0 Å². The molecule has 3 atom stereocenters. The Bertz CT molecular complexity index is 398. The average molecular weight is 243 g/mol.